The number of rotatable bonds is 6. The van der Waals surface area contributed by atoms with Crippen LogP contribution in [0.2, 0.25) is 0 Å². The maximum Gasteiger partial charge on any atom is 0.269 e. The molecule has 0 saturated carbocycles. The summed E-state index contributed by atoms with van der Waals surface area (Å²) in [6.45, 7) is 1.96. The lowest BCUT2D eigenvalue weighted by atomic mass is 10.1. The van der Waals surface area contributed by atoms with E-state index in [1.165, 1.54) is 50.9 Å². The van der Waals surface area contributed by atoms with Crippen LogP contribution in [-0.2, 0) is 4.79 Å². The third-order valence-electron chi connectivity index (χ3n) is 3.51. The van der Waals surface area contributed by atoms with Crippen molar-refractivity contribution < 1.29 is 23.8 Å². The van der Waals surface area contributed by atoms with Gasteiger partial charge in [-0.15, -0.1) is 11.3 Å². The highest BCUT2D eigenvalue weighted by molar-refractivity contribution is 7.11. The van der Waals surface area contributed by atoms with Crippen LogP contribution < -0.4 is 25.1 Å². The van der Waals surface area contributed by atoms with E-state index in [-0.39, 0.29) is 5.56 Å². The van der Waals surface area contributed by atoms with Crippen molar-refractivity contribution in [1.82, 2.24) is 10.9 Å². The van der Waals surface area contributed by atoms with E-state index in [9.17, 15) is 9.59 Å². The summed E-state index contributed by atoms with van der Waals surface area (Å²) in [5, 5.41) is 1.94. The molecule has 2 N–H and O–H groups in total. The SMILES string of the molecule is COc1cc(C(=O)NNC(=O)/C=C/c2sccc2C)cc(OC)c1OC. The molecule has 8 heteroatoms. The predicted molar refractivity (Wildman–Crippen MR) is 99.8 cm³/mol. The number of nitrogens with one attached hydrogen (secondary N) is 2. The molecule has 1 heterocycles. The summed E-state index contributed by atoms with van der Waals surface area (Å²) < 4.78 is 15.6. The Morgan fingerprint density at radius 2 is 1.69 bits per heavy atom. The van der Waals surface area contributed by atoms with E-state index in [0.29, 0.717) is 17.2 Å². The van der Waals surface area contributed by atoms with Gasteiger partial charge in [0, 0.05) is 16.5 Å². The standard InChI is InChI=1S/C18H20N2O5S/c1-11-7-8-26-15(11)5-6-16(21)19-20-18(22)12-9-13(23-2)17(25-4)14(10-12)24-3/h5-10H,1-4H3,(H,19,21)(H,20,22)/b6-5+. The zero-order valence-corrected chi connectivity index (χ0v) is 15.7. The van der Waals surface area contributed by atoms with Gasteiger partial charge in [0.2, 0.25) is 5.75 Å². The molecule has 138 valence electrons. The van der Waals surface area contributed by atoms with Crippen LogP contribution in [0.1, 0.15) is 20.8 Å². The number of hydrogen-bond donors (Lipinski definition) is 2. The Morgan fingerprint density at radius 3 is 2.19 bits per heavy atom. The molecule has 2 rings (SSSR count). The minimum atomic E-state index is -0.515. The minimum Gasteiger partial charge on any atom is -0.493 e. The van der Waals surface area contributed by atoms with Crippen molar-refractivity contribution >= 4 is 29.2 Å². The third kappa shape index (κ3) is 4.54. The van der Waals surface area contributed by atoms with Crippen molar-refractivity contribution in [3.05, 3.63) is 45.7 Å². The van der Waals surface area contributed by atoms with E-state index in [1.54, 1.807) is 6.08 Å². The fraction of sp³-hybridized carbons (Fsp3) is 0.222. The third-order valence-corrected chi connectivity index (χ3v) is 4.50. The summed E-state index contributed by atoms with van der Waals surface area (Å²) >= 11 is 1.53. The first-order chi connectivity index (χ1) is 12.5. The first kappa shape index (κ1) is 19.3. The lowest BCUT2D eigenvalue weighted by molar-refractivity contribution is -0.117. The Morgan fingerprint density at radius 1 is 1.04 bits per heavy atom. The molecule has 26 heavy (non-hydrogen) atoms. The van der Waals surface area contributed by atoms with Crippen LogP contribution in [0.4, 0.5) is 0 Å². The van der Waals surface area contributed by atoms with Gasteiger partial charge < -0.3 is 14.2 Å². The highest BCUT2D eigenvalue weighted by Crippen LogP contribution is 2.38. The largest absolute Gasteiger partial charge is 0.493 e. The predicted octanol–water partition coefficient (Wildman–Crippen LogP) is 2.56. The molecule has 0 fully saturated rings. The van der Waals surface area contributed by atoms with Crippen LogP contribution in [0, 0.1) is 6.92 Å². The molecule has 0 unspecified atom stereocenters. The topological polar surface area (TPSA) is 85.9 Å². The molecule has 1 aromatic heterocycles. The lowest BCUT2D eigenvalue weighted by Gasteiger charge is -2.14. The Labute approximate surface area is 155 Å². The van der Waals surface area contributed by atoms with Gasteiger partial charge in [-0.3, -0.25) is 20.4 Å². The van der Waals surface area contributed by atoms with E-state index >= 15 is 0 Å². The zero-order chi connectivity index (χ0) is 19.1. The van der Waals surface area contributed by atoms with E-state index in [1.807, 2.05) is 18.4 Å². The number of ether oxygens (including phenoxy) is 3. The van der Waals surface area contributed by atoms with Gasteiger partial charge >= 0.3 is 0 Å². The second-order valence-electron chi connectivity index (χ2n) is 5.16. The van der Waals surface area contributed by atoms with Crippen molar-refractivity contribution in [2.45, 2.75) is 6.92 Å². The smallest absolute Gasteiger partial charge is 0.269 e. The Bertz CT molecular complexity index is 804. The van der Waals surface area contributed by atoms with E-state index < -0.39 is 11.8 Å². The van der Waals surface area contributed by atoms with Crippen molar-refractivity contribution in [1.29, 1.82) is 0 Å². The monoisotopic (exact) mass is 376 g/mol. The number of methoxy groups -OCH3 is 3. The maximum absolute atomic E-state index is 12.3. The van der Waals surface area contributed by atoms with E-state index in [2.05, 4.69) is 10.9 Å². The van der Waals surface area contributed by atoms with E-state index in [4.69, 9.17) is 14.2 Å². The molecule has 0 bridgehead atoms. The van der Waals surface area contributed by atoms with Crippen molar-refractivity contribution in [3.63, 3.8) is 0 Å². The molecule has 0 aliphatic heterocycles. The second-order valence-corrected chi connectivity index (χ2v) is 6.11. The van der Waals surface area contributed by atoms with Gasteiger partial charge in [0.1, 0.15) is 0 Å². The molecular formula is C18H20N2O5S. The first-order valence-electron chi connectivity index (χ1n) is 7.62. The van der Waals surface area contributed by atoms with Crippen LogP contribution in [0.5, 0.6) is 17.2 Å². The second kappa shape index (κ2) is 8.91. The molecule has 0 atom stereocenters. The molecular weight excluding hydrogens is 356 g/mol. The Hall–Kier alpha value is -3.00. The molecule has 0 saturated heterocycles. The molecule has 0 spiro atoms. The first-order valence-corrected chi connectivity index (χ1v) is 8.50. The Kier molecular flexibility index (Phi) is 6.62. The number of hydrazine groups is 1. The van der Waals surface area contributed by atoms with Crippen LogP contribution in [-0.4, -0.2) is 33.1 Å². The number of carbonyl (C=O) groups excluding carboxylic acids is 2. The summed E-state index contributed by atoms with van der Waals surface area (Å²) in [4.78, 5) is 25.1. The van der Waals surface area contributed by atoms with Gasteiger partial charge in [-0.05, 0) is 42.1 Å². The molecule has 7 nitrogen and oxygen atoms in total. The van der Waals surface area contributed by atoms with Gasteiger partial charge in [0.05, 0.1) is 21.3 Å². The van der Waals surface area contributed by atoms with Crippen LogP contribution in [0.25, 0.3) is 6.08 Å². The molecule has 1 aromatic carbocycles. The highest BCUT2D eigenvalue weighted by Gasteiger charge is 2.17. The van der Waals surface area contributed by atoms with Gasteiger partial charge in [-0.2, -0.15) is 0 Å². The Balaban J connectivity index is 2.04. The average molecular weight is 376 g/mol. The maximum atomic E-state index is 12.3. The number of aryl methyl sites for hydroxylation is 1. The van der Waals surface area contributed by atoms with E-state index in [0.717, 1.165) is 10.4 Å². The lowest BCUT2D eigenvalue weighted by Crippen LogP contribution is -2.40. The molecule has 0 radical (unpaired) electrons. The zero-order valence-electron chi connectivity index (χ0n) is 14.9. The number of amides is 2. The quantitative estimate of drug-likeness (QED) is 0.598. The number of thiophene rings is 1. The fourth-order valence-corrected chi connectivity index (χ4v) is 2.97. The van der Waals surface area contributed by atoms with Crippen LogP contribution in [0.3, 0.4) is 0 Å². The highest BCUT2D eigenvalue weighted by atomic mass is 32.1. The van der Waals surface area contributed by atoms with Gasteiger partial charge in [-0.25, -0.2) is 0 Å². The van der Waals surface area contributed by atoms with Crippen molar-refractivity contribution in [2.75, 3.05) is 21.3 Å². The summed E-state index contributed by atoms with van der Waals surface area (Å²) in [6.07, 6.45) is 3.05. The molecule has 2 aromatic rings. The minimum absolute atomic E-state index is 0.248. The molecule has 2 amide bonds. The van der Waals surface area contributed by atoms with Crippen molar-refractivity contribution in [2.24, 2.45) is 0 Å². The van der Waals surface area contributed by atoms with Crippen molar-refractivity contribution in [3.8, 4) is 17.2 Å². The normalized spacial score (nSPS) is 10.5. The summed E-state index contributed by atoms with van der Waals surface area (Å²) in [7, 11) is 4.39. The van der Waals surface area contributed by atoms with Gasteiger partial charge in [-0.1, -0.05) is 0 Å². The fourth-order valence-electron chi connectivity index (χ4n) is 2.15. The summed E-state index contributed by atoms with van der Waals surface area (Å²) in [6, 6.07) is 4.95. The number of carbonyl (C=O) groups is 2. The summed E-state index contributed by atoms with van der Waals surface area (Å²) in [5.41, 5.74) is 6.01. The van der Waals surface area contributed by atoms with Crippen LogP contribution in [0.15, 0.2) is 29.7 Å². The molecule has 0 aliphatic carbocycles. The molecule has 0 aliphatic rings. The number of hydrogen-bond acceptors (Lipinski definition) is 6. The van der Waals surface area contributed by atoms with Gasteiger partial charge in [0.25, 0.3) is 11.8 Å². The van der Waals surface area contributed by atoms with Crippen LogP contribution >= 0.6 is 11.3 Å². The average Bonchev–Trinajstić information content (AvgIpc) is 3.07. The van der Waals surface area contributed by atoms with Gasteiger partial charge in [0.15, 0.2) is 11.5 Å². The number of benzene rings is 1. The summed E-state index contributed by atoms with van der Waals surface area (Å²) in [5.74, 6) is 0.106.